The molecule has 8 heteroatoms. The molecule has 0 saturated carbocycles. The number of rotatable bonds is 6. The summed E-state index contributed by atoms with van der Waals surface area (Å²) in [5, 5.41) is 9.80. The summed E-state index contributed by atoms with van der Waals surface area (Å²) in [6, 6.07) is 5.61. The molecule has 146 valence electrons. The molecule has 0 aliphatic carbocycles. The smallest absolute Gasteiger partial charge is 0.286 e. The molecule has 1 saturated heterocycles. The first kappa shape index (κ1) is 19.7. The quantitative estimate of drug-likeness (QED) is 0.740. The molecule has 3 rings (SSSR count). The average Bonchev–Trinajstić information content (AvgIpc) is 3.04. The van der Waals surface area contributed by atoms with Gasteiger partial charge in [-0.3, -0.25) is 9.69 Å². The van der Waals surface area contributed by atoms with Gasteiger partial charge < -0.3 is 19.5 Å². The number of aliphatic hydroxyl groups excluding tert-OH is 1. The zero-order valence-electron chi connectivity index (χ0n) is 15.7. The maximum absolute atomic E-state index is 12.3. The molecule has 0 unspecified atom stereocenters. The molecule has 0 bridgehead atoms. The van der Waals surface area contributed by atoms with Crippen LogP contribution < -0.4 is 9.47 Å². The van der Waals surface area contributed by atoms with Gasteiger partial charge in [0.1, 0.15) is 0 Å². The number of carbonyl (C=O) groups excluding carboxylic acids is 1. The summed E-state index contributed by atoms with van der Waals surface area (Å²) in [7, 11) is 1.60. The van der Waals surface area contributed by atoms with Crippen molar-refractivity contribution in [1.29, 1.82) is 0 Å². The Morgan fingerprint density at radius 2 is 2.04 bits per heavy atom. The van der Waals surface area contributed by atoms with E-state index in [4.69, 9.17) is 14.6 Å². The molecule has 0 spiro atoms. The van der Waals surface area contributed by atoms with Crippen LogP contribution in [0.5, 0.6) is 11.5 Å². The lowest BCUT2D eigenvalue weighted by molar-refractivity contribution is -0.113. The first-order valence-electron chi connectivity index (χ1n) is 9.06. The van der Waals surface area contributed by atoms with Crippen LogP contribution in [0.25, 0.3) is 6.08 Å². The molecule has 1 fully saturated rings. The van der Waals surface area contributed by atoms with Crippen molar-refractivity contribution >= 4 is 28.9 Å². The van der Waals surface area contributed by atoms with E-state index >= 15 is 0 Å². The monoisotopic (exact) mass is 391 g/mol. The summed E-state index contributed by atoms with van der Waals surface area (Å²) in [5.74, 6) is 1.12. The molecule has 0 radical (unpaired) electrons. The topological polar surface area (TPSA) is 74.6 Å². The fraction of sp³-hybridized carbons (Fsp3) is 0.474. The van der Waals surface area contributed by atoms with Crippen LogP contribution in [-0.2, 0) is 4.79 Å². The number of aliphatic imine (C=N–C) groups is 1. The van der Waals surface area contributed by atoms with E-state index in [0.29, 0.717) is 29.6 Å². The SMILES string of the molecule is CCOc1ccc(/C=C2/SC(N3CCN(CCO)CC3)=NC2=O)cc1OC. The van der Waals surface area contributed by atoms with Gasteiger partial charge >= 0.3 is 0 Å². The molecular weight excluding hydrogens is 366 g/mol. The highest BCUT2D eigenvalue weighted by atomic mass is 32.2. The zero-order chi connectivity index (χ0) is 19.2. The summed E-state index contributed by atoms with van der Waals surface area (Å²) in [6.07, 6.45) is 1.84. The van der Waals surface area contributed by atoms with Crippen LogP contribution in [0.3, 0.4) is 0 Å². The van der Waals surface area contributed by atoms with Crippen molar-refractivity contribution in [2.24, 2.45) is 4.99 Å². The van der Waals surface area contributed by atoms with Crippen molar-refractivity contribution in [2.45, 2.75) is 6.92 Å². The van der Waals surface area contributed by atoms with Crippen LogP contribution in [0.4, 0.5) is 0 Å². The Bertz CT molecular complexity index is 742. The Hall–Kier alpha value is -2.03. The number of hydrogen-bond acceptors (Lipinski definition) is 7. The molecule has 2 heterocycles. The van der Waals surface area contributed by atoms with E-state index in [1.165, 1.54) is 11.8 Å². The standard InChI is InChI=1S/C19H25N3O4S/c1-3-26-15-5-4-14(12-16(15)25-2)13-17-18(24)20-19(27-17)22-8-6-21(7-9-22)10-11-23/h4-5,12-13,23H,3,6-11H2,1-2H3/b17-13+. The van der Waals surface area contributed by atoms with Crippen molar-refractivity contribution in [1.82, 2.24) is 9.80 Å². The third-order valence-corrected chi connectivity index (χ3v) is 5.50. The van der Waals surface area contributed by atoms with Gasteiger partial charge in [-0.1, -0.05) is 6.07 Å². The number of piperazine rings is 1. The number of hydrogen-bond donors (Lipinski definition) is 1. The van der Waals surface area contributed by atoms with Crippen LogP contribution in [-0.4, -0.2) is 79.0 Å². The highest BCUT2D eigenvalue weighted by Crippen LogP contribution is 2.33. The van der Waals surface area contributed by atoms with Crippen molar-refractivity contribution in [3.63, 3.8) is 0 Å². The number of thioether (sulfide) groups is 1. The second kappa shape index (κ2) is 9.25. The number of amidine groups is 1. The van der Waals surface area contributed by atoms with E-state index in [9.17, 15) is 4.79 Å². The lowest BCUT2D eigenvalue weighted by atomic mass is 10.2. The number of aliphatic hydroxyl groups is 1. The largest absolute Gasteiger partial charge is 0.493 e. The maximum Gasteiger partial charge on any atom is 0.286 e. The third-order valence-electron chi connectivity index (χ3n) is 4.45. The Kier molecular flexibility index (Phi) is 6.76. The second-order valence-corrected chi connectivity index (χ2v) is 7.21. The molecule has 0 atom stereocenters. The summed E-state index contributed by atoms with van der Waals surface area (Å²) in [4.78, 5) is 21.5. The highest BCUT2D eigenvalue weighted by Gasteiger charge is 2.28. The summed E-state index contributed by atoms with van der Waals surface area (Å²) < 4.78 is 10.9. The molecule has 1 aromatic carbocycles. The van der Waals surface area contributed by atoms with Gasteiger partial charge in [-0.05, 0) is 42.5 Å². The first-order valence-corrected chi connectivity index (χ1v) is 9.87. The van der Waals surface area contributed by atoms with Crippen LogP contribution in [0.2, 0.25) is 0 Å². The summed E-state index contributed by atoms with van der Waals surface area (Å²) >= 11 is 1.41. The number of benzene rings is 1. The maximum atomic E-state index is 12.3. The number of β-amino-alcohol motifs (C(OH)–C–C–N with tert-alkyl or cyclic N) is 1. The number of amides is 1. The molecule has 27 heavy (non-hydrogen) atoms. The molecule has 2 aliphatic heterocycles. The van der Waals surface area contributed by atoms with Gasteiger partial charge in [-0.25, -0.2) is 0 Å². The van der Waals surface area contributed by atoms with Gasteiger partial charge in [-0.15, -0.1) is 0 Å². The van der Waals surface area contributed by atoms with Gasteiger partial charge in [0.2, 0.25) is 0 Å². The van der Waals surface area contributed by atoms with E-state index in [0.717, 1.165) is 36.9 Å². The molecular formula is C19H25N3O4S. The van der Waals surface area contributed by atoms with Gasteiger partial charge in [0.05, 0.1) is 25.2 Å². The van der Waals surface area contributed by atoms with Gasteiger partial charge in [0.25, 0.3) is 5.91 Å². The van der Waals surface area contributed by atoms with E-state index < -0.39 is 0 Å². The first-order chi connectivity index (χ1) is 13.1. The normalized spacial score (nSPS) is 19.5. The Morgan fingerprint density at radius 1 is 1.26 bits per heavy atom. The molecule has 1 aromatic rings. The predicted molar refractivity (Wildman–Crippen MR) is 107 cm³/mol. The third kappa shape index (κ3) is 4.82. The number of nitrogens with zero attached hydrogens (tertiary/aromatic N) is 3. The Balaban J connectivity index is 1.67. The number of methoxy groups -OCH3 is 1. The second-order valence-electron chi connectivity index (χ2n) is 6.21. The van der Waals surface area contributed by atoms with E-state index in [-0.39, 0.29) is 12.5 Å². The predicted octanol–water partition coefficient (Wildman–Crippen LogP) is 1.67. The fourth-order valence-corrected chi connectivity index (χ4v) is 4.00. The van der Waals surface area contributed by atoms with Crippen molar-refractivity contribution in [3.8, 4) is 11.5 Å². The fourth-order valence-electron chi connectivity index (χ4n) is 3.04. The van der Waals surface area contributed by atoms with Crippen molar-refractivity contribution < 1.29 is 19.4 Å². The Labute approximate surface area is 163 Å². The van der Waals surface area contributed by atoms with Crippen molar-refractivity contribution in [2.75, 3.05) is 53.0 Å². The summed E-state index contributed by atoms with van der Waals surface area (Å²) in [6.45, 7) is 6.70. The van der Waals surface area contributed by atoms with E-state index in [2.05, 4.69) is 14.8 Å². The molecule has 0 aromatic heterocycles. The van der Waals surface area contributed by atoms with Crippen LogP contribution in [0.1, 0.15) is 12.5 Å². The van der Waals surface area contributed by atoms with Crippen LogP contribution >= 0.6 is 11.8 Å². The van der Waals surface area contributed by atoms with Crippen LogP contribution in [0.15, 0.2) is 28.1 Å². The number of ether oxygens (including phenoxy) is 2. The zero-order valence-corrected chi connectivity index (χ0v) is 16.5. The van der Waals surface area contributed by atoms with E-state index in [1.807, 2.05) is 31.2 Å². The minimum absolute atomic E-state index is 0.173. The highest BCUT2D eigenvalue weighted by molar-refractivity contribution is 8.18. The van der Waals surface area contributed by atoms with Crippen LogP contribution in [0, 0.1) is 0 Å². The molecule has 1 N–H and O–H groups in total. The number of carbonyl (C=O) groups is 1. The lowest BCUT2D eigenvalue weighted by Crippen LogP contribution is -2.48. The minimum Gasteiger partial charge on any atom is -0.493 e. The molecule has 2 aliphatic rings. The van der Waals surface area contributed by atoms with E-state index in [1.54, 1.807) is 7.11 Å². The van der Waals surface area contributed by atoms with Crippen molar-refractivity contribution in [3.05, 3.63) is 28.7 Å². The summed E-state index contributed by atoms with van der Waals surface area (Å²) in [5.41, 5.74) is 0.871. The van der Waals surface area contributed by atoms with Gasteiger partial charge in [0, 0.05) is 32.7 Å². The minimum atomic E-state index is -0.208. The lowest BCUT2D eigenvalue weighted by Gasteiger charge is -2.34. The van der Waals surface area contributed by atoms with Gasteiger partial charge in [-0.2, -0.15) is 4.99 Å². The molecule has 7 nitrogen and oxygen atoms in total. The van der Waals surface area contributed by atoms with Gasteiger partial charge in [0.15, 0.2) is 16.7 Å². The average molecular weight is 391 g/mol. The molecule has 1 amide bonds. The Morgan fingerprint density at radius 3 is 2.70 bits per heavy atom.